The van der Waals surface area contributed by atoms with Gasteiger partial charge in [-0.25, -0.2) is 4.39 Å². The smallest absolute Gasteiger partial charge is 0.240 e. The molecule has 1 heterocycles. The maximum atomic E-state index is 13.1. The van der Waals surface area contributed by atoms with Crippen LogP contribution in [0.4, 0.5) is 10.2 Å². The minimum Gasteiger partial charge on any atom is -0.437 e. The van der Waals surface area contributed by atoms with Gasteiger partial charge in [0.15, 0.2) is 0 Å². The van der Waals surface area contributed by atoms with Gasteiger partial charge in [0.2, 0.25) is 5.88 Å². The van der Waals surface area contributed by atoms with Gasteiger partial charge in [-0.2, -0.15) is 4.98 Å². The van der Waals surface area contributed by atoms with E-state index >= 15 is 0 Å². The molecular weight excluding hydrogens is 290 g/mol. The lowest BCUT2D eigenvalue weighted by atomic mass is 10.3. The molecule has 0 saturated heterocycles. The van der Waals surface area contributed by atoms with Crippen LogP contribution in [0.15, 0.2) is 30.3 Å². The molecule has 100 valence electrons. The number of nitrogens with zero attached hydrogens (tertiary/aromatic N) is 1. The minimum absolute atomic E-state index is 0.174. The van der Waals surface area contributed by atoms with Gasteiger partial charge in [-0.05, 0) is 25.1 Å². The van der Waals surface area contributed by atoms with E-state index in [1.165, 1.54) is 18.2 Å². The Morgan fingerprint density at radius 1 is 1.26 bits per heavy atom. The second-order valence-corrected chi connectivity index (χ2v) is 4.51. The van der Waals surface area contributed by atoms with Crippen LogP contribution in [0, 0.1) is 5.82 Å². The number of halogens is 3. The molecule has 2 rings (SSSR count). The highest BCUT2D eigenvalue weighted by Crippen LogP contribution is 2.33. The average Bonchev–Trinajstić information content (AvgIpc) is 2.35. The first kappa shape index (κ1) is 13.9. The number of ether oxygens (including phenoxy) is 1. The molecule has 6 heteroatoms. The van der Waals surface area contributed by atoms with Crippen molar-refractivity contribution in [1.82, 2.24) is 4.98 Å². The Balaban J connectivity index is 2.31. The van der Waals surface area contributed by atoms with E-state index in [-0.39, 0.29) is 10.9 Å². The number of nitrogens with one attached hydrogen (secondary N) is 1. The molecule has 0 spiro atoms. The van der Waals surface area contributed by atoms with Crippen LogP contribution in [-0.2, 0) is 0 Å². The molecular formula is C13H11Cl2FN2O. The van der Waals surface area contributed by atoms with E-state index in [0.717, 1.165) is 0 Å². The predicted octanol–water partition coefficient (Wildman–Crippen LogP) is 4.75. The molecule has 0 unspecified atom stereocenters. The number of rotatable bonds is 4. The Hall–Kier alpha value is -1.52. The molecule has 0 radical (unpaired) electrons. The molecule has 3 nitrogen and oxygen atoms in total. The van der Waals surface area contributed by atoms with E-state index in [2.05, 4.69) is 10.3 Å². The second-order valence-electron chi connectivity index (χ2n) is 3.70. The maximum Gasteiger partial charge on any atom is 0.240 e. The van der Waals surface area contributed by atoms with Crippen molar-refractivity contribution in [1.29, 1.82) is 0 Å². The van der Waals surface area contributed by atoms with E-state index in [9.17, 15) is 4.39 Å². The van der Waals surface area contributed by atoms with Crippen LogP contribution in [0.25, 0.3) is 0 Å². The standard InChI is InChI=1S/C13H11Cl2FN2O/c1-2-17-12-10(14)7-11(15)13(18-12)19-9-5-3-4-8(16)6-9/h3-7H,2H2,1H3,(H,17,18). The van der Waals surface area contributed by atoms with Crippen LogP contribution in [0.2, 0.25) is 10.0 Å². The number of hydrogen-bond acceptors (Lipinski definition) is 3. The third-order valence-corrected chi connectivity index (χ3v) is 2.81. The Labute approximate surface area is 120 Å². The summed E-state index contributed by atoms with van der Waals surface area (Å²) in [6, 6.07) is 7.26. The molecule has 1 N–H and O–H groups in total. The molecule has 1 aromatic heterocycles. The Bertz CT molecular complexity index is 593. The Kier molecular flexibility index (Phi) is 4.45. The highest BCUT2D eigenvalue weighted by atomic mass is 35.5. The molecule has 0 saturated carbocycles. The molecule has 0 bridgehead atoms. The zero-order valence-electron chi connectivity index (χ0n) is 10.1. The summed E-state index contributed by atoms with van der Waals surface area (Å²) in [5.41, 5.74) is 0. The van der Waals surface area contributed by atoms with Crippen LogP contribution >= 0.6 is 23.2 Å². The van der Waals surface area contributed by atoms with Gasteiger partial charge in [0.05, 0.1) is 5.02 Å². The number of benzene rings is 1. The van der Waals surface area contributed by atoms with Crippen molar-refractivity contribution in [2.75, 3.05) is 11.9 Å². The van der Waals surface area contributed by atoms with Crippen molar-refractivity contribution in [2.24, 2.45) is 0 Å². The second kappa shape index (κ2) is 6.08. The molecule has 1 aromatic carbocycles. The number of anilines is 1. The number of aromatic nitrogens is 1. The quantitative estimate of drug-likeness (QED) is 0.884. The van der Waals surface area contributed by atoms with E-state index in [4.69, 9.17) is 27.9 Å². The molecule has 0 amide bonds. The minimum atomic E-state index is -0.394. The zero-order chi connectivity index (χ0) is 13.8. The largest absolute Gasteiger partial charge is 0.437 e. The van der Waals surface area contributed by atoms with E-state index in [1.54, 1.807) is 12.1 Å². The maximum absolute atomic E-state index is 13.1. The summed E-state index contributed by atoms with van der Waals surface area (Å²) < 4.78 is 18.5. The predicted molar refractivity (Wildman–Crippen MR) is 74.9 cm³/mol. The van der Waals surface area contributed by atoms with Gasteiger partial charge in [0.1, 0.15) is 22.4 Å². The van der Waals surface area contributed by atoms with Crippen molar-refractivity contribution in [3.05, 3.63) is 46.2 Å². The molecule has 0 fully saturated rings. The van der Waals surface area contributed by atoms with Gasteiger partial charge in [0, 0.05) is 12.6 Å². The molecule has 0 atom stereocenters. The molecule has 0 aliphatic carbocycles. The van der Waals surface area contributed by atoms with Crippen LogP contribution in [0.5, 0.6) is 11.6 Å². The fourth-order valence-corrected chi connectivity index (χ4v) is 1.92. The van der Waals surface area contributed by atoms with Gasteiger partial charge in [0.25, 0.3) is 0 Å². The first-order chi connectivity index (χ1) is 9.10. The Morgan fingerprint density at radius 3 is 2.74 bits per heavy atom. The van der Waals surface area contributed by atoms with Crippen molar-refractivity contribution in [3.63, 3.8) is 0 Å². The average molecular weight is 301 g/mol. The van der Waals surface area contributed by atoms with Crippen molar-refractivity contribution in [3.8, 4) is 11.6 Å². The van der Waals surface area contributed by atoms with Crippen LogP contribution in [-0.4, -0.2) is 11.5 Å². The first-order valence-corrected chi connectivity index (χ1v) is 6.39. The highest BCUT2D eigenvalue weighted by molar-refractivity contribution is 6.36. The normalized spacial score (nSPS) is 10.3. The summed E-state index contributed by atoms with van der Waals surface area (Å²) in [6.07, 6.45) is 0. The molecule has 2 aromatic rings. The third kappa shape index (κ3) is 3.49. The summed E-state index contributed by atoms with van der Waals surface area (Å²) >= 11 is 12.0. The van der Waals surface area contributed by atoms with Gasteiger partial charge < -0.3 is 10.1 Å². The lowest BCUT2D eigenvalue weighted by molar-refractivity contribution is 0.459. The SMILES string of the molecule is CCNc1nc(Oc2cccc(F)c2)c(Cl)cc1Cl. The summed E-state index contributed by atoms with van der Waals surface area (Å²) in [5.74, 6) is 0.571. The van der Waals surface area contributed by atoms with Crippen LogP contribution in [0.3, 0.4) is 0 Å². The van der Waals surface area contributed by atoms with Gasteiger partial charge in [-0.1, -0.05) is 29.3 Å². The van der Waals surface area contributed by atoms with Crippen LogP contribution in [0.1, 0.15) is 6.92 Å². The van der Waals surface area contributed by atoms with E-state index in [1.807, 2.05) is 6.92 Å². The monoisotopic (exact) mass is 300 g/mol. The lowest BCUT2D eigenvalue weighted by Gasteiger charge is -2.10. The summed E-state index contributed by atoms with van der Waals surface area (Å²) in [7, 11) is 0. The number of pyridine rings is 1. The first-order valence-electron chi connectivity index (χ1n) is 5.63. The van der Waals surface area contributed by atoms with Gasteiger partial charge >= 0.3 is 0 Å². The zero-order valence-corrected chi connectivity index (χ0v) is 11.6. The molecule has 0 aliphatic heterocycles. The summed E-state index contributed by atoms with van der Waals surface area (Å²) in [5, 5.41) is 3.65. The van der Waals surface area contributed by atoms with Crippen LogP contribution < -0.4 is 10.1 Å². The fourth-order valence-electron chi connectivity index (χ4n) is 1.45. The third-order valence-electron chi connectivity index (χ3n) is 2.25. The molecule has 0 aliphatic rings. The Morgan fingerprint density at radius 2 is 2.05 bits per heavy atom. The van der Waals surface area contributed by atoms with E-state index < -0.39 is 5.82 Å². The van der Waals surface area contributed by atoms with Crippen molar-refractivity contribution in [2.45, 2.75) is 6.92 Å². The highest BCUT2D eigenvalue weighted by Gasteiger charge is 2.11. The topological polar surface area (TPSA) is 34.2 Å². The number of hydrogen-bond donors (Lipinski definition) is 1. The summed E-state index contributed by atoms with van der Waals surface area (Å²) in [4.78, 5) is 4.17. The molecule has 19 heavy (non-hydrogen) atoms. The van der Waals surface area contributed by atoms with Crippen molar-refractivity contribution < 1.29 is 9.13 Å². The van der Waals surface area contributed by atoms with Gasteiger partial charge in [-0.3, -0.25) is 0 Å². The van der Waals surface area contributed by atoms with Crippen molar-refractivity contribution >= 4 is 29.0 Å². The lowest BCUT2D eigenvalue weighted by Crippen LogP contribution is -2.01. The van der Waals surface area contributed by atoms with E-state index in [0.29, 0.717) is 23.1 Å². The fraction of sp³-hybridized carbons (Fsp3) is 0.154. The summed E-state index contributed by atoms with van der Waals surface area (Å²) in [6.45, 7) is 2.58. The van der Waals surface area contributed by atoms with Gasteiger partial charge in [-0.15, -0.1) is 0 Å².